The van der Waals surface area contributed by atoms with E-state index in [2.05, 4.69) is 6.92 Å². The highest BCUT2D eigenvalue weighted by molar-refractivity contribution is 7.99. The van der Waals surface area contributed by atoms with Crippen LogP contribution in [0.4, 0.5) is 0 Å². The molecule has 0 atom stereocenters. The second-order valence-corrected chi connectivity index (χ2v) is 3.95. The summed E-state index contributed by atoms with van der Waals surface area (Å²) >= 11 is 1.63. The Morgan fingerprint density at radius 3 is 2.77 bits per heavy atom. The lowest BCUT2D eigenvalue weighted by atomic mass is 10.4. The molecule has 0 aliphatic carbocycles. The van der Waals surface area contributed by atoms with E-state index in [0.29, 0.717) is 5.75 Å². The number of carboxylic acids is 1. The Hall–Kier alpha value is -0.220. The number of carbonyl (C=O) groups is 1. The van der Waals surface area contributed by atoms with Gasteiger partial charge in [-0.1, -0.05) is 13.3 Å². The monoisotopic (exact) mass is 206 g/mol. The van der Waals surface area contributed by atoms with E-state index in [-0.39, 0.29) is 6.42 Å². The summed E-state index contributed by atoms with van der Waals surface area (Å²) in [5, 5.41) is 8.34. The first-order chi connectivity index (χ1) is 6.27. The number of hydrogen-bond donors (Lipinski definition) is 1. The number of ether oxygens (including phenoxy) is 1. The van der Waals surface area contributed by atoms with Crippen LogP contribution in [0.3, 0.4) is 0 Å². The van der Waals surface area contributed by atoms with Crippen LogP contribution in [0.2, 0.25) is 0 Å². The van der Waals surface area contributed by atoms with E-state index in [0.717, 1.165) is 31.8 Å². The lowest BCUT2D eigenvalue weighted by Gasteiger charge is -2.01. The molecule has 0 saturated carbocycles. The van der Waals surface area contributed by atoms with Crippen LogP contribution in [0.25, 0.3) is 0 Å². The van der Waals surface area contributed by atoms with E-state index in [1.165, 1.54) is 0 Å². The van der Waals surface area contributed by atoms with Gasteiger partial charge in [-0.05, 0) is 6.42 Å². The molecular formula is C9H18O3S. The van der Waals surface area contributed by atoms with Crippen molar-refractivity contribution in [3.8, 4) is 0 Å². The molecule has 0 rings (SSSR count). The van der Waals surface area contributed by atoms with Crippen LogP contribution in [0.1, 0.15) is 26.2 Å². The van der Waals surface area contributed by atoms with Crippen LogP contribution in [0.5, 0.6) is 0 Å². The average Bonchev–Trinajstić information content (AvgIpc) is 2.09. The van der Waals surface area contributed by atoms with Crippen molar-refractivity contribution in [2.75, 3.05) is 24.7 Å². The fourth-order valence-corrected chi connectivity index (χ4v) is 1.49. The number of rotatable bonds is 9. The third-order valence-corrected chi connectivity index (χ3v) is 2.42. The van der Waals surface area contributed by atoms with Gasteiger partial charge in [0.05, 0.1) is 13.0 Å². The van der Waals surface area contributed by atoms with Gasteiger partial charge in [-0.2, -0.15) is 11.8 Å². The SMILES string of the molecule is CCCCOCCSCCC(=O)O. The highest BCUT2D eigenvalue weighted by Gasteiger charge is 1.96. The van der Waals surface area contributed by atoms with Crippen LogP contribution in [-0.4, -0.2) is 35.8 Å². The van der Waals surface area contributed by atoms with E-state index in [1.807, 2.05) is 0 Å². The summed E-state index contributed by atoms with van der Waals surface area (Å²) in [6.45, 7) is 3.70. The zero-order chi connectivity index (χ0) is 9.94. The maximum Gasteiger partial charge on any atom is 0.304 e. The molecule has 0 saturated heterocycles. The van der Waals surface area contributed by atoms with Crippen LogP contribution in [0.15, 0.2) is 0 Å². The fourth-order valence-electron chi connectivity index (χ4n) is 0.728. The summed E-state index contributed by atoms with van der Waals surface area (Å²) in [4.78, 5) is 10.1. The quantitative estimate of drug-likeness (QED) is 0.586. The lowest BCUT2D eigenvalue weighted by Crippen LogP contribution is -2.01. The first kappa shape index (κ1) is 12.8. The highest BCUT2D eigenvalue weighted by Crippen LogP contribution is 2.02. The van der Waals surface area contributed by atoms with Gasteiger partial charge in [0.25, 0.3) is 0 Å². The fraction of sp³-hybridized carbons (Fsp3) is 0.889. The van der Waals surface area contributed by atoms with Crippen LogP contribution in [-0.2, 0) is 9.53 Å². The topological polar surface area (TPSA) is 46.5 Å². The molecule has 0 amide bonds. The molecule has 0 aromatic rings. The smallest absolute Gasteiger partial charge is 0.304 e. The summed E-state index contributed by atoms with van der Waals surface area (Å²) < 4.78 is 5.31. The van der Waals surface area contributed by atoms with Crippen molar-refractivity contribution in [1.82, 2.24) is 0 Å². The molecular weight excluding hydrogens is 188 g/mol. The molecule has 0 bridgehead atoms. The number of hydrogen-bond acceptors (Lipinski definition) is 3. The van der Waals surface area contributed by atoms with Crippen molar-refractivity contribution in [1.29, 1.82) is 0 Å². The number of unbranched alkanes of at least 4 members (excludes halogenated alkanes) is 1. The third-order valence-electron chi connectivity index (χ3n) is 1.47. The molecule has 3 nitrogen and oxygen atoms in total. The lowest BCUT2D eigenvalue weighted by molar-refractivity contribution is -0.136. The first-order valence-corrected chi connectivity index (χ1v) is 5.80. The molecule has 4 heteroatoms. The Kier molecular flexibility index (Phi) is 9.70. The van der Waals surface area contributed by atoms with Crippen LogP contribution in [0, 0.1) is 0 Å². The molecule has 0 aromatic heterocycles. The minimum absolute atomic E-state index is 0.250. The zero-order valence-electron chi connectivity index (χ0n) is 8.12. The van der Waals surface area contributed by atoms with Crippen LogP contribution < -0.4 is 0 Å². The van der Waals surface area contributed by atoms with Gasteiger partial charge in [0, 0.05) is 18.1 Å². The van der Waals surface area contributed by atoms with Gasteiger partial charge >= 0.3 is 5.97 Å². The molecule has 0 heterocycles. The van der Waals surface area contributed by atoms with Crippen molar-refractivity contribution in [3.05, 3.63) is 0 Å². The van der Waals surface area contributed by atoms with Gasteiger partial charge in [-0.15, -0.1) is 0 Å². The van der Waals surface area contributed by atoms with Crippen molar-refractivity contribution in [2.45, 2.75) is 26.2 Å². The van der Waals surface area contributed by atoms with Crippen molar-refractivity contribution in [2.24, 2.45) is 0 Å². The predicted octanol–water partition coefficient (Wildman–Crippen LogP) is 2.01. The van der Waals surface area contributed by atoms with Gasteiger partial charge < -0.3 is 9.84 Å². The van der Waals surface area contributed by atoms with Gasteiger partial charge in [-0.3, -0.25) is 4.79 Å². The summed E-state index contributed by atoms with van der Waals surface area (Å²) in [7, 11) is 0. The normalized spacial score (nSPS) is 10.2. The minimum Gasteiger partial charge on any atom is -0.481 e. The Labute approximate surface area is 83.9 Å². The average molecular weight is 206 g/mol. The summed E-state index contributed by atoms with van der Waals surface area (Å²) in [6.07, 6.45) is 2.52. The minimum atomic E-state index is -0.723. The molecule has 0 spiro atoms. The molecule has 0 radical (unpaired) electrons. The number of carboxylic acid groups (broad SMARTS) is 1. The second-order valence-electron chi connectivity index (χ2n) is 2.72. The van der Waals surface area contributed by atoms with E-state index in [4.69, 9.17) is 9.84 Å². The van der Waals surface area contributed by atoms with E-state index in [1.54, 1.807) is 11.8 Å². The Bertz CT molecular complexity index is 128. The standard InChI is InChI=1S/C9H18O3S/c1-2-3-5-12-6-8-13-7-4-9(10)11/h2-8H2,1H3,(H,10,11). The summed E-state index contributed by atoms with van der Waals surface area (Å²) in [5.74, 6) is 0.864. The molecule has 0 fully saturated rings. The Morgan fingerprint density at radius 1 is 1.38 bits per heavy atom. The van der Waals surface area contributed by atoms with Gasteiger partial charge in [0.2, 0.25) is 0 Å². The number of aliphatic carboxylic acids is 1. The van der Waals surface area contributed by atoms with E-state index >= 15 is 0 Å². The van der Waals surface area contributed by atoms with Gasteiger partial charge in [-0.25, -0.2) is 0 Å². The zero-order valence-corrected chi connectivity index (χ0v) is 8.94. The molecule has 0 aliphatic heterocycles. The summed E-state index contributed by atoms with van der Waals surface area (Å²) in [5.41, 5.74) is 0. The Balaban J connectivity index is 2.87. The van der Waals surface area contributed by atoms with Crippen molar-refractivity contribution in [3.63, 3.8) is 0 Å². The molecule has 0 aliphatic rings. The molecule has 78 valence electrons. The van der Waals surface area contributed by atoms with Crippen molar-refractivity contribution >= 4 is 17.7 Å². The molecule has 13 heavy (non-hydrogen) atoms. The highest BCUT2D eigenvalue weighted by atomic mass is 32.2. The van der Waals surface area contributed by atoms with Crippen LogP contribution >= 0.6 is 11.8 Å². The van der Waals surface area contributed by atoms with Gasteiger partial charge in [0.1, 0.15) is 0 Å². The first-order valence-electron chi connectivity index (χ1n) is 4.64. The van der Waals surface area contributed by atoms with Gasteiger partial charge in [0.15, 0.2) is 0 Å². The molecule has 0 aromatic carbocycles. The maximum absolute atomic E-state index is 10.1. The van der Waals surface area contributed by atoms with E-state index in [9.17, 15) is 4.79 Å². The number of thioether (sulfide) groups is 1. The molecule has 0 unspecified atom stereocenters. The third kappa shape index (κ3) is 11.8. The van der Waals surface area contributed by atoms with Crippen molar-refractivity contribution < 1.29 is 14.6 Å². The largest absolute Gasteiger partial charge is 0.481 e. The van der Waals surface area contributed by atoms with E-state index < -0.39 is 5.97 Å². The maximum atomic E-state index is 10.1. The second kappa shape index (κ2) is 9.86. The summed E-state index contributed by atoms with van der Waals surface area (Å²) in [6, 6.07) is 0. The Morgan fingerprint density at radius 2 is 2.15 bits per heavy atom. The predicted molar refractivity (Wildman–Crippen MR) is 55.3 cm³/mol. The molecule has 1 N–H and O–H groups in total.